The fraction of sp³-hybridized carbons (Fsp3) is 0.632. The Morgan fingerprint density at radius 3 is 2.28 bits per heavy atom. The van der Waals surface area contributed by atoms with Crippen LogP contribution in [0.4, 0.5) is 0 Å². The molecule has 0 aromatic heterocycles. The summed E-state index contributed by atoms with van der Waals surface area (Å²) in [6, 6.07) is 6.17. The van der Waals surface area contributed by atoms with Crippen LogP contribution in [0, 0.1) is 5.92 Å². The lowest BCUT2D eigenvalue weighted by atomic mass is 9.88. The number of benzene rings is 1. The van der Waals surface area contributed by atoms with E-state index >= 15 is 0 Å². The Balaban J connectivity index is 2.58. The van der Waals surface area contributed by atoms with Gasteiger partial charge in [-0.3, -0.25) is 9.35 Å². The predicted octanol–water partition coefficient (Wildman–Crippen LogP) is 4.58. The summed E-state index contributed by atoms with van der Waals surface area (Å²) in [6.45, 7) is 6.51. The van der Waals surface area contributed by atoms with Crippen molar-refractivity contribution in [3.8, 4) is 0 Å². The van der Waals surface area contributed by atoms with Gasteiger partial charge in [0.2, 0.25) is 0 Å². The number of esters is 1. The smallest absolute Gasteiger partial charge is 0.308 e. The zero-order valence-electron chi connectivity index (χ0n) is 15.4. The molecule has 0 fully saturated rings. The maximum Gasteiger partial charge on any atom is 0.308 e. The van der Waals surface area contributed by atoms with Gasteiger partial charge in [0.25, 0.3) is 10.1 Å². The molecule has 1 rings (SSSR count). The van der Waals surface area contributed by atoms with Gasteiger partial charge in [0.05, 0.1) is 17.4 Å². The molecule has 0 spiro atoms. The SMILES string of the molecule is CCCCCCOC(=O)C(C)CC(CC)c1ccc(S(=O)(=O)O)cc1. The van der Waals surface area contributed by atoms with Crippen LogP contribution >= 0.6 is 0 Å². The number of carbonyl (C=O) groups is 1. The van der Waals surface area contributed by atoms with Crippen LogP contribution in [0.3, 0.4) is 0 Å². The standard InChI is InChI=1S/C19H30O5S/c1-4-6-7-8-13-24-19(20)15(3)14-16(5-2)17-9-11-18(12-10-17)25(21,22)23/h9-12,15-16H,4-8,13-14H2,1-3H3,(H,21,22,23). The number of carbonyl (C=O) groups excluding carboxylic acids is 1. The highest BCUT2D eigenvalue weighted by atomic mass is 32.2. The average molecular weight is 371 g/mol. The quantitative estimate of drug-likeness (QED) is 0.350. The highest BCUT2D eigenvalue weighted by Crippen LogP contribution is 2.28. The van der Waals surface area contributed by atoms with E-state index in [1.54, 1.807) is 12.1 Å². The topological polar surface area (TPSA) is 80.7 Å². The minimum atomic E-state index is -4.18. The zero-order chi connectivity index (χ0) is 18.9. The normalized spacial score (nSPS) is 14.1. The van der Waals surface area contributed by atoms with E-state index in [2.05, 4.69) is 6.92 Å². The molecule has 0 aliphatic rings. The third kappa shape index (κ3) is 7.57. The number of ether oxygens (including phenoxy) is 1. The highest BCUT2D eigenvalue weighted by molar-refractivity contribution is 7.85. The predicted molar refractivity (Wildman–Crippen MR) is 98.2 cm³/mol. The minimum absolute atomic E-state index is 0.120. The second kappa shape index (κ2) is 10.6. The molecule has 2 atom stereocenters. The minimum Gasteiger partial charge on any atom is -0.465 e. The maximum atomic E-state index is 12.1. The molecule has 25 heavy (non-hydrogen) atoms. The van der Waals surface area contributed by atoms with Gasteiger partial charge >= 0.3 is 5.97 Å². The fourth-order valence-electron chi connectivity index (χ4n) is 2.82. The summed E-state index contributed by atoms with van der Waals surface area (Å²) in [5.74, 6) is -0.250. The fourth-order valence-corrected chi connectivity index (χ4v) is 3.30. The largest absolute Gasteiger partial charge is 0.465 e. The third-order valence-corrected chi connectivity index (χ3v) is 5.29. The van der Waals surface area contributed by atoms with Gasteiger partial charge in [-0.2, -0.15) is 8.42 Å². The van der Waals surface area contributed by atoms with E-state index in [4.69, 9.17) is 9.29 Å². The van der Waals surface area contributed by atoms with E-state index in [0.29, 0.717) is 13.0 Å². The molecule has 0 bridgehead atoms. The van der Waals surface area contributed by atoms with Crippen molar-refractivity contribution in [1.29, 1.82) is 0 Å². The highest BCUT2D eigenvalue weighted by Gasteiger charge is 2.21. The van der Waals surface area contributed by atoms with Crippen molar-refractivity contribution in [2.24, 2.45) is 5.92 Å². The summed E-state index contributed by atoms with van der Waals surface area (Å²) in [6.07, 6.45) is 5.77. The Kier molecular flexibility index (Phi) is 9.14. The molecule has 1 aromatic carbocycles. The lowest BCUT2D eigenvalue weighted by Gasteiger charge is -2.19. The first-order valence-corrected chi connectivity index (χ1v) is 10.5. The van der Waals surface area contributed by atoms with Crippen molar-refractivity contribution in [1.82, 2.24) is 0 Å². The van der Waals surface area contributed by atoms with E-state index in [1.807, 2.05) is 13.8 Å². The van der Waals surface area contributed by atoms with Gasteiger partial charge in [0.15, 0.2) is 0 Å². The molecule has 0 heterocycles. The molecule has 142 valence electrons. The molecule has 1 aromatic rings. The van der Waals surface area contributed by atoms with Gasteiger partial charge in [0.1, 0.15) is 0 Å². The first-order valence-electron chi connectivity index (χ1n) is 9.03. The lowest BCUT2D eigenvalue weighted by molar-refractivity contribution is -0.148. The van der Waals surface area contributed by atoms with Gasteiger partial charge in [-0.15, -0.1) is 0 Å². The molecule has 0 aliphatic heterocycles. The molecular formula is C19H30O5S. The maximum absolute atomic E-state index is 12.1. The zero-order valence-corrected chi connectivity index (χ0v) is 16.2. The summed E-state index contributed by atoms with van der Waals surface area (Å²) >= 11 is 0. The lowest BCUT2D eigenvalue weighted by Crippen LogP contribution is -2.18. The number of hydrogen-bond donors (Lipinski definition) is 1. The summed E-state index contributed by atoms with van der Waals surface area (Å²) < 4.78 is 36.6. The van der Waals surface area contributed by atoms with Crippen molar-refractivity contribution in [3.05, 3.63) is 29.8 Å². The molecule has 0 amide bonds. The van der Waals surface area contributed by atoms with Crippen molar-refractivity contribution < 1.29 is 22.5 Å². The number of hydrogen-bond acceptors (Lipinski definition) is 4. The van der Waals surface area contributed by atoms with Gasteiger partial charge < -0.3 is 4.74 Å². The third-order valence-electron chi connectivity index (χ3n) is 4.42. The Morgan fingerprint density at radius 1 is 1.12 bits per heavy atom. The summed E-state index contributed by atoms with van der Waals surface area (Å²) in [7, 11) is -4.18. The van der Waals surface area contributed by atoms with Crippen molar-refractivity contribution in [3.63, 3.8) is 0 Å². The summed E-state index contributed by atoms with van der Waals surface area (Å²) in [4.78, 5) is 12.0. The molecule has 0 radical (unpaired) electrons. The first kappa shape index (κ1) is 21.6. The Bertz CT molecular complexity index is 622. The Morgan fingerprint density at radius 2 is 1.76 bits per heavy atom. The summed E-state index contributed by atoms with van der Waals surface area (Å²) in [5, 5.41) is 0. The molecule has 6 heteroatoms. The van der Waals surface area contributed by atoms with Gasteiger partial charge in [-0.25, -0.2) is 0 Å². The second-order valence-electron chi connectivity index (χ2n) is 6.51. The van der Waals surface area contributed by atoms with Gasteiger partial charge in [-0.05, 0) is 42.9 Å². The number of rotatable bonds is 11. The monoisotopic (exact) mass is 370 g/mol. The molecule has 0 saturated heterocycles. The van der Waals surface area contributed by atoms with Crippen LogP contribution in [-0.2, 0) is 19.6 Å². The molecule has 5 nitrogen and oxygen atoms in total. The van der Waals surface area contributed by atoms with E-state index < -0.39 is 10.1 Å². The van der Waals surface area contributed by atoms with Crippen molar-refractivity contribution in [2.75, 3.05) is 6.61 Å². The molecular weight excluding hydrogens is 340 g/mol. The van der Waals surface area contributed by atoms with Crippen LogP contribution in [0.15, 0.2) is 29.2 Å². The van der Waals surface area contributed by atoms with Crippen LogP contribution < -0.4 is 0 Å². The summed E-state index contributed by atoms with van der Waals surface area (Å²) in [5.41, 5.74) is 0.956. The van der Waals surface area contributed by atoms with E-state index in [9.17, 15) is 13.2 Å². The van der Waals surface area contributed by atoms with Crippen LogP contribution in [0.1, 0.15) is 70.8 Å². The van der Waals surface area contributed by atoms with Crippen molar-refractivity contribution >= 4 is 16.1 Å². The Labute approximate surface area is 151 Å². The van der Waals surface area contributed by atoms with Crippen LogP contribution in [0.2, 0.25) is 0 Å². The van der Waals surface area contributed by atoms with Gasteiger partial charge in [-0.1, -0.05) is 52.2 Å². The molecule has 1 N–H and O–H groups in total. The van der Waals surface area contributed by atoms with Crippen LogP contribution in [0.25, 0.3) is 0 Å². The van der Waals surface area contributed by atoms with Crippen LogP contribution in [-0.4, -0.2) is 25.5 Å². The first-order chi connectivity index (χ1) is 11.8. The Hall–Kier alpha value is -1.40. The second-order valence-corrected chi connectivity index (χ2v) is 7.94. The van der Waals surface area contributed by atoms with E-state index in [0.717, 1.165) is 37.7 Å². The number of unbranched alkanes of at least 4 members (excludes halogenated alkanes) is 3. The molecule has 0 saturated carbocycles. The van der Waals surface area contributed by atoms with Crippen LogP contribution in [0.5, 0.6) is 0 Å². The van der Waals surface area contributed by atoms with E-state index in [1.165, 1.54) is 12.1 Å². The average Bonchev–Trinajstić information content (AvgIpc) is 2.58. The van der Waals surface area contributed by atoms with Crippen molar-refractivity contribution in [2.45, 2.75) is 70.1 Å². The molecule has 0 aliphatic carbocycles. The van der Waals surface area contributed by atoms with E-state index in [-0.39, 0.29) is 22.7 Å². The molecule has 2 unspecified atom stereocenters. The van der Waals surface area contributed by atoms with Gasteiger partial charge in [0, 0.05) is 0 Å².